The Labute approximate surface area is 155 Å². The molecule has 2 N–H and O–H groups in total. The third kappa shape index (κ3) is 3.74. The number of hydrogen-bond acceptors (Lipinski definition) is 4. The summed E-state index contributed by atoms with van der Waals surface area (Å²) in [6, 6.07) is 18.3. The zero-order valence-corrected chi connectivity index (χ0v) is 15.0. The fraction of sp³-hybridized carbons (Fsp3) is 0.381. The number of likely N-dealkylation sites (tertiary alicyclic amines) is 1. The molecule has 5 heteroatoms. The van der Waals surface area contributed by atoms with E-state index in [1.165, 1.54) is 0 Å². The summed E-state index contributed by atoms with van der Waals surface area (Å²) in [5.74, 6) is 0.127. The molecular weight excluding hydrogens is 324 g/mol. The van der Waals surface area contributed by atoms with E-state index in [0.29, 0.717) is 6.04 Å². The second kappa shape index (κ2) is 7.89. The molecule has 2 heterocycles. The van der Waals surface area contributed by atoms with Gasteiger partial charge < -0.3 is 15.5 Å². The van der Waals surface area contributed by atoms with Crippen molar-refractivity contribution >= 4 is 17.3 Å². The first kappa shape index (κ1) is 17.1. The first-order chi connectivity index (χ1) is 12.8. The van der Waals surface area contributed by atoms with Crippen molar-refractivity contribution in [1.82, 2.24) is 15.1 Å². The minimum atomic E-state index is 0.127. The van der Waals surface area contributed by atoms with Gasteiger partial charge in [0.05, 0.1) is 11.3 Å². The van der Waals surface area contributed by atoms with Gasteiger partial charge in [0.1, 0.15) is 0 Å². The number of nitrogens with zero attached hydrogens (tertiary/aromatic N) is 2. The maximum atomic E-state index is 13.1. The number of hydrogen-bond donors (Lipinski definition) is 2. The predicted octanol–water partition coefficient (Wildman–Crippen LogP) is 2.55. The standard InChI is InChI=1S/C21H26N4O/c26-21(25-13-10-18(16-25)24-14-11-22-12-15-24)19-8-4-5-9-20(19)23-17-6-2-1-3-7-17/h1-9,18,22-23H,10-16H2. The summed E-state index contributed by atoms with van der Waals surface area (Å²) in [6.07, 6.45) is 1.07. The number of carbonyl (C=O) groups excluding carboxylic acids is 1. The second-order valence-electron chi connectivity index (χ2n) is 7.02. The predicted molar refractivity (Wildman–Crippen MR) is 105 cm³/mol. The maximum Gasteiger partial charge on any atom is 0.256 e. The normalized spacial score (nSPS) is 20.9. The molecule has 0 aliphatic carbocycles. The number of anilines is 2. The largest absolute Gasteiger partial charge is 0.355 e. The smallest absolute Gasteiger partial charge is 0.256 e. The molecule has 0 saturated carbocycles. The van der Waals surface area contributed by atoms with E-state index >= 15 is 0 Å². The van der Waals surface area contributed by atoms with Gasteiger partial charge in [-0.05, 0) is 30.7 Å². The Balaban J connectivity index is 1.46. The Morgan fingerprint density at radius 1 is 0.962 bits per heavy atom. The molecule has 2 aliphatic heterocycles. The van der Waals surface area contributed by atoms with Crippen molar-refractivity contribution in [2.45, 2.75) is 12.5 Å². The lowest BCUT2D eigenvalue weighted by atomic mass is 10.1. The highest BCUT2D eigenvalue weighted by Crippen LogP contribution is 2.25. The van der Waals surface area contributed by atoms with Crippen LogP contribution in [0.15, 0.2) is 54.6 Å². The van der Waals surface area contributed by atoms with E-state index in [2.05, 4.69) is 15.5 Å². The van der Waals surface area contributed by atoms with E-state index < -0.39 is 0 Å². The molecule has 1 amide bonds. The quantitative estimate of drug-likeness (QED) is 0.890. The third-order valence-corrected chi connectivity index (χ3v) is 5.33. The molecule has 2 aliphatic rings. The van der Waals surface area contributed by atoms with Gasteiger partial charge in [0.25, 0.3) is 5.91 Å². The fourth-order valence-corrected chi connectivity index (χ4v) is 3.90. The highest BCUT2D eigenvalue weighted by atomic mass is 16.2. The molecule has 26 heavy (non-hydrogen) atoms. The summed E-state index contributed by atoms with van der Waals surface area (Å²) < 4.78 is 0. The van der Waals surface area contributed by atoms with Crippen LogP contribution in [0.1, 0.15) is 16.8 Å². The Bertz CT molecular complexity index is 743. The van der Waals surface area contributed by atoms with Crippen molar-refractivity contribution in [3.8, 4) is 0 Å². The van der Waals surface area contributed by atoms with Gasteiger partial charge in [0.2, 0.25) is 0 Å². The number of benzene rings is 2. The Kier molecular flexibility index (Phi) is 5.18. The van der Waals surface area contributed by atoms with Crippen LogP contribution in [0.2, 0.25) is 0 Å². The monoisotopic (exact) mass is 350 g/mol. The molecule has 0 spiro atoms. The van der Waals surface area contributed by atoms with Gasteiger partial charge in [-0.2, -0.15) is 0 Å². The van der Waals surface area contributed by atoms with Gasteiger partial charge in [-0.1, -0.05) is 30.3 Å². The molecule has 5 nitrogen and oxygen atoms in total. The van der Waals surface area contributed by atoms with Crippen LogP contribution in [-0.2, 0) is 0 Å². The van der Waals surface area contributed by atoms with Gasteiger partial charge in [0, 0.05) is 51.0 Å². The maximum absolute atomic E-state index is 13.1. The van der Waals surface area contributed by atoms with Gasteiger partial charge in [0.15, 0.2) is 0 Å². The van der Waals surface area contributed by atoms with E-state index in [9.17, 15) is 4.79 Å². The highest BCUT2D eigenvalue weighted by Gasteiger charge is 2.31. The lowest BCUT2D eigenvalue weighted by Gasteiger charge is -2.32. The van der Waals surface area contributed by atoms with Gasteiger partial charge in [-0.15, -0.1) is 0 Å². The van der Waals surface area contributed by atoms with Crippen LogP contribution >= 0.6 is 0 Å². The number of piperazine rings is 1. The van der Waals surface area contributed by atoms with Crippen molar-refractivity contribution in [3.05, 3.63) is 60.2 Å². The Morgan fingerprint density at radius 3 is 2.50 bits per heavy atom. The SMILES string of the molecule is O=C(c1ccccc1Nc1ccccc1)N1CCC(N2CCNCC2)C1. The second-order valence-corrected chi connectivity index (χ2v) is 7.02. The molecular formula is C21H26N4O. The van der Waals surface area contributed by atoms with Crippen molar-refractivity contribution in [3.63, 3.8) is 0 Å². The van der Waals surface area contributed by atoms with Gasteiger partial charge in [-0.25, -0.2) is 0 Å². The topological polar surface area (TPSA) is 47.6 Å². The van der Waals surface area contributed by atoms with Crippen molar-refractivity contribution in [2.75, 3.05) is 44.6 Å². The summed E-state index contributed by atoms with van der Waals surface area (Å²) in [4.78, 5) is 17.7. The summed E-state index contributed by atoms with van der Waals surface area (Å²) in [6.45, 7) is 5.94. The fourth-order valence-electron chi connectivity index (χ4n) is 3.90. The molecule has 0 radical (unpaired) electrons. The van der Waals surface area contributed by atoms with Crippen LogP contribution in [0.4, 0.5) is 11.4 Å². The molecule has 136 valence electrons. The third-order valence-electron chi connectivity index (χ3n) is 5.33. The van der Waals surface area contributed by atoms with Gasteiger partial charge >= 0.3 is 0 Å². The molecule has 2 aromatic carbocycles. The van der Waals surface area contributed by atoms with Crippen LogP contribution < -0.4 is 10.6 Å². The average molecular weight is 350 g/mol. The highest BCUT2D eigenvalue weighted by molar-refractivity contribution is 6.00. The zero-order chi connectivity index (χ0) is 17.8. The Morgan fingerprint density at radius 2 is 1.69 bits per heavy atom. The summed E-state index contributed by atoms with van der Waals surface area (Å²) in [5, 5.41) is 6.78. The summed E-state index contributed by atoms with van der Waals surface area (Å²) >= 11 is 0. The molecule has 2 saturated heterocycles. The van der Waals surface area contributed by atoms with E-state index in [0.717, 1.165) is 62.6 Å². The average Bonchev–Trinajstić information content (AvgIpc) is 3.20. The van der Waals surface area contributed by atoms with E-state index in [1.807, 2.05) is 59.5 Å². The van der Waals surface area contributed by atoms with E-state index in [4.69, 9.17) is 0 Å². The number of nitrogens with one attached hydrogen (secondary N) is 2. The van der Waals surface area contributed by atoms with Crippen LogP contribution in [0.3, 0.4) is 0 Å². The van der Waals surface area contributed by atoms with Crippen LogP contribution in [-0.4, -0.2) is 61.0 Å². The number of carbonyl (C=O) groups is 1. The van der Waals surface area contributed by atoms with Gasteiger partial charge in [-0.3, -0.25) is 9.69 Å². The van der Waals surface area contributed by atoms with Crippen molar-refractivity contribution < 1.29 is 4.79 Å². The van der Waals surface area contributed by atoms with Crippen LogP contribution in [0.25, 0.3) is 0 Å². The number of para-hydroxylation sites is 2. The minimum Gasteiger partial charge on any atom is -0.355 e. The molecule has 4 rings (SSSR count). The molecule has 1 unspecified atom stereocenters. The lowest BCUT2D eigenvalue weighted by Crippen LogP contribution is -2.49. The lowest BCUT2D eigenvalue weighted by molar-refractivity contribution is 0.0774. The van der Waals surface area contributed by atoms with E-state index in [-0.39, 0.29) is 5.91 Å². The summed E-state index contributed by atoms with van der Waals surface area (Å²) in [5.41, 5.74) is 2.61. The summed E-state index contributed by atoms with van der Waals surface area (Å²) in [7, 11) is 0. The Hall–Kier alpha value is -2.37. The molecule has 0 aromatic heterocycles. The zero-order valence-electron chi connectivity index (χ0n) is 15.0. The molecule has 2 aromatic rings. The molecule has 0 bridgehead atoms. The first-order valence-electron chi connectivity index (χ1n) is 9.46. The van der Waals surface area contributed by atoms with E-state index in [1.54, 1.807) is 0 Å². The van der Waals surface area contributed by atoms with Crippen molar-refractivity contribution in [2.24, 2.45) is 0 Å². The first-order valence-corrected chi connectivity index (χ1v) is 9.46. The molecule has 1 atom stereocenters. The minimum absolute atomic E-state index is 0.127. The van der Waals surface area contributed by atoms with Crippen molar-refractivity contribution in [1.29, 1.82) is 0 Å². The van der Waals surface area contributed by atoms with Crippen LogP contribution in [0.5, 0.6) is 0 Å². The molecule has 2 fully saturated rings. The number of amides is 1. The number of rotatable bonds is 4. The van der Waals surface area contributed by atoms with Crippen LogP contribution in [0, 0.1) is 0 Å².